The summed E-state index contributed by atoms with van der Waals surface area (Å²) in [6.45, 7) is 9.14. The first-order chi connectivity index (χ1) is 34.8. The maximum Gasteiger partial charge on any atom is 3.00 e. The maximum absolute atomic E-state index is 12.6. The average Bonchev–Trinajstić information content (AvgIpc) is 4.01. The number of pyridine rings is 2. The van der Waals surface area contributed by atoms with Gasteiger partial charge >= 0.3 is 20.1 Å². The maximum atomic E-state index is 12.6. The number of hydrogen-bond donors (Lipinski definition) is 0. The van der Waals surface area contributed by atoms with Crippen molar-refractivity contribution in [3.8, 4) is 61.8 Å². The molecular weight excluding hydrogens is 1060 g/mol. The molecule has 12 rings (SSSR count). The Morgan fingerprint density at radius 1 is 0.514 bits per heavy atom. The number of rotatable bonds is 8. The van der Waals surface area contributed by atoms with Crippen LogP contribution >= 0.6 is 0 Å². The second-order valence-electron chi connectivity index (χ2n) is 17.8. The summed E-state index contributed by atoms with van der Waals surface area (Å²) in [6.07, 6.45) is 3.49. The molecule has 0 saturated heterocycles. The molecule has 5 nitrogen and oxygen atoms in total. The van der Waals surface area contributed by atoms with Crippen LogP contribution in [0.2, 0.25) is 0 Å². The summed E-state index contributed by atoms with van der Waals surface area (Å²) in [4.78, 5) is 13.6. The number of aromatic nitrogens is 4. The predicted octanol–water partition coefficient (Wildman–Crippen LogP) is 17.2. The van der Waals surface area contributed by atoms with E-state index in [9.17, 15) is 4.39 Å². The van der Waals surface area contributed by atoms with Gasteiger partial charge in [0.25, 0.3) is 0 Å². The van der Waals surface area contributed by atoms with Gasteiger partial charge in [-0.05, 0) is 99.1 Å². The van der Waals surface area contributed by atoms with E-state index in [1.54, 1.807) is 18.5 Å². The minimum atomic E-state index is -0.278. The molecule has 352 valence electrons. The number of benzene rings is 8. The van der Waals surface area contributed by atoms with Crippen LogP contribution in [0.25, 0.3) is 94.8 Å². The van der Waals surface area contributed by atoms with Crippen LogP contribution in [0.5, 0.6) is 0 Å². The van der Waals surface area contributed by atoms with E-state index in [2.05, 4.69) is 176 Å². The van der Waals surface area contributed by atoms with E-state index in [1.165, 1.54) is 45.6 Å². The quantitative estimate of drug-likeness (QED) is 0.142. The Balaban J connectivity index is 0.000000199. The number of nitrogens with zero attached hydrogens (tertiary/aromatic N) is 4. The molecule has 0 amide bonds. The largest absolute Gasteiger partial charge is 3.00 e. The van der Waals surface area contributed by atoms with Crippen molar-refractivity contribution in [3.63, 3.8) is 0 Å². The molecule has 0 spiro atoms. The first-order valence-electron chi connectivity index (χ1n) is 23.9. The van der Waals surface area contributed by atoms with E-state index in [4.69, 9.17) is 9.40 Å². The zero-order valence-corrected chi connectivity index (χ0v) is 42.7. The molecule has 0 N–H and O–H groups in total. The van der Waals surface area contributed by atoms with Crippen LogP contribution in [-0.2, 0) is 20.1 Å². The van der Waals surface area contributed by atoms with Crippen LogP contribution < -0.4 is 0 Å². The zero-order chi connectivity index (χ0) is 48.7. The number of fused-ring (bicyclic) bond motifs is 4. The average molecular weight is 1110 g/mol. The van der Waals surface area contributed by atoms with E-state index in [-0.39, 0.29) is 37.8 Å². The summed E-state index contributed by atoms with van der Waals surface area (Å²) >= 11 is 0. The molecule has 0 atom stereocenters. The van der Waals surface area contributed by atoms with Gasteiger partial charge in [0.1, 0.15) is 5.58 Å². The van der Waals surface area contributed by atoms with Gasteiger partial charge in [-0.1, -0.05) is 148 Å². The van der Waals surface area contributed by atoms with E-state index in [0.717, 1.165) is 72.4 Å². The second kappa shape index (κ2) is 22.3. The molecule has 0 aliphatic rings. The van der Waals surface area contributed by atoms with Crippen LogP contribution in [0, 0.1) is 24.0 Å². The summed E-state index contributed by atoms with van der Waals surface area (Å²) in [5, 5.41) is 2.15. The van der Waals surface area contributed by atoms with E-state index < -0.39 is 0 Å². The fourth-order valence-corrected chi connectivity index (χ4v) is 8.92. The van der Waals surface area contributed by atoms with Crippen LogP contribution in [0.3, 0.4) is 0 Å². The van der Waals surface area contributed by atoms with Crippen LogP contribution in [0.1, 0.15) is 50.7 Å². The Kier molecular flexibility index (Phi) is 15.2. The fourth-order valence-electron chi connectivity index (χ4n) is 8.92. The van der Waals surface area contributed by atoms with Crippen molar-refractivity contribution < 1.29 is 28.9 Å². The summed E-state index contributed by atoms with van der Waals surface area (Å²) in [5.74, 6) is 1.13. The zero-order valence-electron chi connectivity index (χ0n) is 40.3. The number of imidazole rings is 1. The van der Waals surface area contributed by atoms with Gasteiger partial charge in [-0.15, -0.1) is 83.9 Å². The number of furan rings is 1. The molecule has 72 heavy (non-hydrogen) atoms. The Bertz CT molecular complexity index is 3620. The first kappa shape index (κ1) is 48.9. The molecule has 0 unspecified atom stereocenters. The molecule has 0 aliphatic heterocycles. The molecule has 8 aromatic carbocycles. The molecule has 12 aromatic rings. The normalized spacial score (nSPS) is 11.0. The molecule has 0 saturated carbocycles. The molecule has 0 fully saturated rings. The Labute approximate surface area is 434 Å². The van der Waals surface area contributed by atoms with Crippen LogP contribution in [0.15, 0.2) is 223 Å². The van der Waals surface area contributed by atoms with Crippen molar-refractivity contribution in [2.75, 3.05) is 0 Å². The van der Waals surface area contributed by atoms with Crippen LogP contribution in [0.4, 0.5) is 4.39 Å². The van der Waals surface area contributed by atoms with Gasteiger partial charge in [0.05, 0.1) is 22.4 Å². The standard InChI is InChI=1S/C43H35N2O.C11H7FN.C11H8N.Ir/c1-27(2)36-24-32(30-16-9-6-10-17-30)25-37(28(3)4)41(36)45-39-21-12-11-20-38(39)44-43(45)35-19-13-18-34-33-23-22-31(26-40(33)46-42(34)35)29-14-7-5-8-15-29;12-10-6-4-9(5-7-10)11-3-1-2-8-13-11;1-2-6-10(7-3-1)11-8-4-5-9-12-11;/h5-18,20-28H,1-4H3;1-4,6-8H;1-6,8-9H;/q3*-1;+3. The Morgan fingerprint density at radius 3 is 1.72 bits per heavy atom. The van der Waals surface area contributed by atoms with Crippen molar-refractivity contribution in [1.82, 2.24) is 19.5 Å². The molecule has 0 aliphatic carbocycles. The third kappa shape index (κ3) is 10.5. The van der Waals surface area contributed by atoms with Gasteiger partial charge in [0, 0.05) is 29.3 Å². The van der Waals surface area contributed by atoms with Gasteiger partial charge in [-0.2, -0.15) is 0 Å². The fraction of sp³-hybridized carbons (Fsp3) is 0.0923. The minimum Gasteiger partial charge on any atom is -0.501 e. The van der Waals surface area contributed by atoms with E-state index in [1.807, 2.05) is 72.8 Å². The molecule has 7 heteroatoms. The summed E-state index contributed by atoms with van der Waals surface area (Å²) in [5.41, 5.74) is 16.7. The predicted molar refractivity (Wildman–Crippen MR) is 289 cm³/mol. The summed E-state index contributed by atoms with van der Waals surface area (Å²) < 4.78 is 21.6. The van der Waals surface area contributed by atoms with Crippen molar-refractivity contribution in [1.29, 1.82) is 0 Å². The molecule has 0 bridgehead atoms. The van der Waals surface area contributed by atoms with Gasteiger partial charge in [-0.3, -0.25) is 9.37 Å². The third-order valence-electron chi connectivity index (χ3n) is 12.4. The molecule has 4 heterocycles. The number of halogens is 1. The van der Waals surface area contributed by atoms with Gasteiger partial charge in [-0.25, -0.2) is 0 Å². The monoisotopic (exact) mass is 1110 g/mol. The Morgan fingerprint density at radius 2 is 1.12 bits per heavy atom. The smallest absolute Gasteiger partial charge is 0.501 e. The first-order valence-corrected chi connectivity index (χ1v) is 23.9. The summed E-state index contributed by atoms with van der Waals surface area (Å²) in [6, 6.07) is 78.1. The number of para-hydroxylation sites is 2. The van der Waals surface area contributed by atoms with Crippen LogP contribution in [-0.4, -0.2) is 19.5 Å². The van der Waals surface area contributed by atoms with Crippen molar-refractivity contribution >= 4 is 33.0 Å². The van der Waals surface area contributed by atoms with E-state index >= 15 is 0 Å². The minimum absolute atomic E-state index is 0. The Hall–Kier alpha value is -8.09. The molecular formula is C65H50FIrN4O. The summed E-state index contributed by atoms with van der Waals surface area (Å²) in [7, 11) is 0. The molecule has 4 aromatic heterocycles. The SMILES string of the molecule is CC(C)c1cc(-c2ccccc2)cc(C(C)C)c1-n1c(-c2[c-]ccc3c2oc2cc(-c4ccccc4)ccc23)nc2ccccc21.Fc1c[c-]c(-c2ccccn2)cc1.[Ir+3].[c-]1ccccc1-c1ccccn1. The van der Waals surface area contributed by atoms with Gasteiger partial charge < -0.3 is 19.0 Å². The topological polar surface area (TPSA) is 56.7 Å². The van der Waals surface area contributed by atoms with Crippen molar-refractivity contribution in [2.24, 2.45) is 0 Å². The van der Waals surface area contributed by atoms with E-state index in [0.29, 0.717) is 0 Å². The van der Waals surface area contributed by atoms with Gasteiger partial charge in [0.2, 0.25) is 0 Å². The molecule has 0 radical (unpaired) electrons. The van der Waals surface area contributed by atoms with Gasteiger partial charge in [0.15, 0.2) is 0 Å². The van der Waals surface area contributed by atoms with Crippen molar-refractivity contribution in [3.05, 3.63) is 254 Å². The second-order valence-corrected chi connectivity index (χ2v) is 17.8. The van der Waals surface area contributed by atoms with Crippen molar-refractivity contribution in [2.45, 2.75) is 39.5 Å². The number of hydrogen-bond acceptors (Lipinski definition) is 4. The third-order valence-corrected chi connectivity index (χ3v) is 12.4.